The van der Waals surface area contributed by atoms with Crippen molar-refractivity contribution in [2.45, 2.75) is 45.5 Å². The second kappa shape index (κ2) is 6.76. The molecule has 100 valence electrons. The van der Waals surface area contributed by atoms with Gasteiger partial charge in [-0.2, -0.15) is 0 Å². The smallest absolute Gasteiger partial charge is 0.184 e. The molecule has 1 saturated heterocycles. The van der Waals surface area contributed by atoms with Gasteiger partial charge in [0.15, 0.2) is 6.29 Å². The van der Waals surface area contributed by atoms with Gasteiger partial charge in [-0.1, -0.05) is 25.5 Å². The highest BCUT2D eigenvalue weighted by molar-refractivity contribution is 5.28. The molecule has 1 aliphatic rings. The van der Waals surface area contributed by atoms with E-state index in [4.69, 9.17) is 14.2 Å². The number of rotatable bonds is 5. The summed E-state index contributed by atoms with van der Waals surface area (Å²) in [6, 6.07) is 8.00. The Hall–Kier alpha value is -1.06. The largest absolute Gasteiger partial charge is 0.494 e. The Morgan fingerprint density at radius 2 is 2.06 bits per heavy atom. The summed E-state index contributed by atoms with van der Waals surface area (Å²) in [5, 5.41) is 0. The van der Waals surface area contributed by atoms with Crippen molar-refractivity contribution >= 4 is 0 Å². The number of hydrogen-bond acceptors (Lipinski definition) is 3. The zero-order valence-corrected chi connectivity index (χ0v) is 11.2. The highest BCUT2D eigenvalue weighted by Gasteiger charge is 2.21. The lowest BCUT2D eigenvalue weighted by molar-refractivity contribution is -0.212. The van der Waals surface area contributed by atoms with Gasteiger partial charge in [0.05, 0.1) is 19.3 Å². The molecule has 0 aromatic heterocycles. The van der Waals surface area contributed by atoms with Gasteiger partial charge in [0, 0.05) is 5.56 Å². The van der Waals surface area contributed by atoms with Crippen molar-refractivity contribution in [3.8, 4) is 5.75 Å². The van der Waals surface area contributed by atoms with E-state index in [2.05, 4.69) is 13.8 Å². The highest BCUT2D eigenvalue weighted by atomic mass is 16.7. The Labute approximate surface area is 109 Å². The van der Waals surface area contributed by atoms with Gasteiger partial charge in [-0.25, -0.2) is 0 Å². The van der Waals surface area contributed by atoms with E-state index in [1.54, 1.807) is 0 Å². The maximum atomic E-state index is 5.75. The first-order valence-electron chi connectivity index (χ1n) is 6.79. The summed E-state index contributed by atoms with van der Waals surface area (Å²) in [6.45, 7) is 5.78. The van der Waals surface area contributed by atoms with Crippen LogP contribution in [0.5, 0.6) is 5.75 Å². The third kappa shape index (κ3) is 3.72. The Morgan fingerprint density at radius 3 is 2.72 bits per heavy atom. The molecule has 1 aromatic carbocycles. The Kier molecular flexibility index (Phi) is 5.02. The van der Waals surface area contributed by atoms with Crippen molar-refractivity contribution in [3.05, 3.63) is 29.8 Å². The molecule has 0 N–H and O–H groups in total. The number of ether oxygens (including phenoxy) is 3. The van der Waals surface area contributed by atoms with E-state index in [1.165, 1.54) is 0 Å². The lowest BCUT2D eigenvalue weighted by atomic mass is 10.2. The molecule has 0 aliphatic carbocycles. The first-order valence-corrected chi connectivity index (χ1v) is 6.79. The maximum absolute atomic E-state index is 5.75. The average Bonchev–Trinajstić information content (AvgIpc) is 2.40. The lowest BCUT2D eigenvalue weighted by Gasteiger charge is -2.28. The van der Waals surface area contributed by atoms with Crippen LogP contribution < -0.4 is 4.74 Å². The van der Waals surface area contributed by atoms with Crippen LogP contribution in [0, 0.1) is 0 Å². The third-order valence-corrected chi connectivity index (χ3v) is 3.07. The van der Waals surface area contributed by atoms with Crippen molar-refractivity contribution in [1.82, 2.24) is 0 Å². The van der Waals surface area contributed by atoms with Crippen molar-refractivity contribution in [1.29, 1.82) is 0 Å². The van der Waals surface area contributed by atoms with Gasteiger partial charge in [-0.3, -0.25) is 0 Å². The zero-order chi connectivity index (χ0) is 12.8. The molecule has 2 atom stereocenters. The quantitative estimate of drug-likeness (QED) is 0.746. The minimum Gasteiger partial charge on any atom is -0.494 e. The standard InChI is InChI=1S/C15H22O3/c1-3-4-10-16-14-7-5-13(6-8-14)15-17-11-9-12(2)18-15/h5-8,12,15H,3-4,9-11H2,1-2H3. The van der Waals surface area contributed by atoms with Crippen molar-refractivity contribution < 1.29 is 14.2 Å². The number of hydrogen-bond donors (Lipinski definition) is 0. The topological polar surface area (TPSA) is 27.7 Å². The molecule has 2 rings (SSSR count). The molecule has 0 saturated carbocycles. The molecule has 1 heterocycles. The van der Waals surface area contributed by atoms with E-state index in [9.17, 15) is 0 Å². The van der Waals surface area contributed by atoms with Gasteiger partial charge in [0.2, 0.25) is 0 Å². The number of unbranched alkanes of at least 4 members (excludes halogenated alkanes) is 1. The SMILES string of the molecule is CCCCOc1ccc(C2OCCC(C)O2)cc1. The predicted octanol–water partition coefficient (Wildman–Crippen LogP) is 3.69. The van der Waals surface area contributed by atoms with Crippen molar-refractivity contribution in [3.63, 3.8) is 0 Å². The Morgan fingerprint density at radius 1 is 1.28 bits per heavy atom. The molecule has 3 nitrogen and oxygen atoms in total. The van der Waals surface area contributed by atoms with Gasteiger partial charge in [0.25, 0.3) is 0 Å². The summed E-state index contributed by atoms with van der Waals surface area (Å²) in [7, 11) is 0. The van der Waals surface area contributed by atoms with Crippen LogP contribution in [0.2, 0.25) is 0 Å². The summed E-state index contributed by atoms with van der Waals surface area (Å²) in [5.41, 5.74) is 1.06. The van der Waals surface area contributed by atoms with E-state index in [1.807, 2.05) is 24.3 Å². The summed E-state index contributed by atoms with van der Waals surface area (Å²) < 4.78 is 17.0. The van der Waals surface area contributed by atoms with E-state index in [0.29, 0.717) is 0 Å². The van der Waals surface area contributed by atoms with E-state index < -0.39 is 0 Å². The van der Waals surface area contributed by atoms with Gasteiger partial charge in [-0.05, 0) is 31.9 Å². The summed E-state index contributed by atoms with van der Waals surface area (Å²) in [4.78, 5) is 0. The van der Waals surface area contributed by atoms with Crippen LogP contribution in [0.25, 0.3) is 0 Å². The van der Waals surface area contributed by atoms with Gasteiger partial charge < -0.3 is 14.2 Å². The predicted molar refractivity (Wildman–Crippen MR) is 70.7 cm³/mol. The minimum absolute atomic E-state index is 0.224. The third-order valence-electron chi connectivity index (χ3n) is 3.07. The monoisotopic (exact) mass is 250 g/mol. The zero-order valence-electron chi connectivity index (χ0n) is 11.2. The minimum atomic E-state index is -0.224. The molecule has 1 aliphatic heterocycles. The average molecular weight is 250 g/mol. The molecule has 18 heavy (non-hydrogen) atoms. The second-order valence-electron chi connectivity index (χ2n) is 4.71. The molecule has 0 bridgehead atoms. The van der Waals surface area contributed by atoms with Crippen LogP contribution in [0.4, 0.5) is 0 Å². The van der Waals surface area contributed by atoms with Gasteiger partial charge in [-0.15, -0.1) is 0 Å². The van der Waals surface area contributed by atoms with Crippen LogP contribution in [0.15, 0.2) is 24.3 Å². The van der Waals surface area contributed by atoms with E-state index >= 15 is 0 Å². The van der Waals surface area contributed by atoms with Crippen molar-refractivity contribution in [2.75, 3.05) is 13.2 Å². The molecule has 0 spiro atoms. The molecule has 2 unspecified atom stereocenters. The van der Waals surface area contributed by atoms with Crippen molar-refractivity contribution in [2.24, 2.45) is 0 Å². The van der Waals surface area contributed by atoms with E-state index in [-0.39, 0.29) is 12.4 Å². The highest BCUT2D eigenvalue weighted by Crippen LogP contribution is 2.27. The van der Waals surface area contributed by atoms with Crippen LogP contribution in [0.1, 0.15) is 45.0 Å². The second-order valence-corrected chi connectivity index (χ2v) is 4.71. The molecule has 0 radical (unpaired) electrons. The molecular weight excluding hydrogens is 228 g/mol. The van der Waals surface area contributed by atoms with E-state index in [0.717, 1.165) is 43.8 Å². The Bertz CT molecular complexity index is 347. The first kappa shape index (κ1) is 13.4. The molecule has 1 aromatic rings. The van der Waals surface area contributed by atoms with Crippen LogP contribution in [-0.4, -0.2) is 19.3 Å². The Balaban J connectivity index is 1.90. The molecule has 3 heteroatoms. The molecule has 0 amide bonds. The molecular formula is C15H22O3. The fourth-order valence-corrected chi connectivity index (χ4v) is 1.89. The number of benzene rings is 1. The van der Waals surface area contributed by atoms with Gasteiger partial charge in [0.1, 0.15) is 5.75 Å². The van der Waals surface area contributed by atoms with Gasteiger partial charge >= 0.3 is 0 Å². The fraction of sp³-hybridized carbons (Fsp3) is 0.600. The normalized spacial score (nSPS) is 23.9. The lowest BCUT2D eigenvalue weighted by Crippen LogP contribution is -2.24. The van der Waals surface area contributed by atoms with Crippen LogP contribution in [-0.2, 0) is 9.47 Å². The van der Waals surface area contributed by atoms with Crippen LogP contribution >= 0.6 is 0 Å². The summed E-state index contributed by atoms with van der Waals surface area (Å²) in [5.74, 6) is 0.913. The molecule has 1 fully saturated rings. The first-order chi connectivity index (χ1) is 8.79. The van der Waals surface area contributed by atoms with Crippen LogP contribution in [0.3, 0.4) is 0 Å². The fourth-order valence-electron chi connectivity index (χ4n) is 1.89. The summed E-state index contributed by atoms with van der Waals surface area (Å²) >= 11 is 0. The summed E-state index contributed by atoms with van der Waals surface area (Å²) in [6.07, 6.45) is 3.26. The maximum Gasteiger partial charge on any atom is 0.184 e.